The number of aryl methyl sites for hydroxylation is 1. The first kappa shape index (κ1) is 19.3. The molecule has 8 nitrogen and oxygen atoms in total. The largest absolute Gasteiger partial charge is 0.350 e. The quantitative estimate of drug-likeness (QED) is 0.707. The third-order valence-electron chi connectivity index (χ3n) is 5.26. The van der Waals surface area contributed by atoms with Crippen LogP contribution >= 0.6 is 0 Å². The number of anilines is 1. The molecule has 0 saturated carbocycles. The van der Waals surface area contributed by atoms with E-state index in [2.05, 4.69) is 20.5 Å². The molecule has 1 aliphatic carbocycles. The maximum Gasteiger partial charge on any atom is 0.242 e. The molecule has 2 N–H and O–H groups in total. The first-order valence-electron chi connectivity index (χ1n) is 9.97. The molecule has 4 rings (SSSR count). The summed E-state index contributed by atoms with van der Waals surface area (Å²) < 4.78 is 0. The summed E-state index contributed by atoms with van der Waals surface area (Å²) in [7, 11) is 1.92. The van der Waals surface area contributed by atoms with Crippen molar-refractivity contribution in [2.24, 2.45) is 0 Å². The third kappa shape index (κ3) is 3.79. The van der Waals surface area contributed by atoms with E-state index in [0.717, 1.165) is 47.2 Å². The molecule has 0 spiro atoms. The molecule has 0 bridgehead atoms. The van der Waals surface area contributed by atoms with Gasteiger partial charge in [0.15, 0.2) is 5.82 Å². The summed E-state index contributed by atoms with van der Waals surface area (Å²) in [5.74, 6) is 1.37. The summed E-state index contributed by atoms with van der Waals surface area (Å²) >= 11 is 0. The smallest absolute Gasteiger partial charge is 0.242 e. The highest BCUT2D eigenvalue weighted by atomic mass is 16.2. The van der Waals surface area contributed by atoms with E-state index >= 15 is 0 Å². The van der Waals surface area contributed by atoms with Crippen LogP contribution in [0.25, 0.3) is 22.4 Å². The van der Waals surface area contributed by atoms with Gasteiger partial charge in [-0.25, -0.2) is 9.97 Å². The second kappa shape index (κ2) is 7.09. The molecule has 0 aliphatic heterocycles. The van der Waals surface area contributed by atoms with Gasteiger partial charge in [-0.15, -0.1) is 0 Å². The molecule has 29 heavy (non-hydrogen) atoms. The summed E-state index contributed by atoms with van der Waals surface area (Å²) in [5.41, 5.74) is 3.48. The lowest BCUT2D eigenvalue weighted by atomic mass is 10.1. The van der Waals surface area contributed by atoms with E-state index < -0.39 is 0 Å². The molecule has 0 fully saturated rings. The Labute approximate surface area is 170 Å². The summed E-state index contributed by atoms with van der Waals surface area (Å²) in [4.78, 5) is 28.8. The van der Waals surface area contributed by atoms with Gasteiger partial charge < -0.3 is 10.2 Å². The van der Waals surface area contributed by atoms with Gasteiger partial charge in [0, 0.05) is 29.2 Å². The number of fused-ring (bicyclic) bond motifs is 2. The fraction of sp³-hybridized carbons (Fsp3) is 0.476. The molecule has 0 radical (unpaired) electrons. The number of carbonyl (C=O) groups is 1. The maximum absolute atomic E-state index is 12.7. The van der Waals surface area contributed by atoms with E-state index in [1.54, 1.807) is 12.4 Å². The number of hydrogen-bond acceptors (Lipinski definition) is 6. The van der Waals surface area contributed by atoms with Crippen LogP contribution in [0.5, 0.6) is 0 Å². The van der Waals surface area contributed by atoms with E-state index in [0.29, 0.717) is 11.5 Å². The van der Waals surface area contributed by atoms with Crippen molar-refractivity contribution in [3.05, 3.63) is 29.7 Å². The van der Waals surface area contributed by atoms with Crippen LogP contribution in [-0.4, -0.2) is 49.7 Å². The average molecular weight is 393 g/mol. The van der Waals surface area contributed by atoms with Crippen molar-refractivity contribution in [3.63, 3.8) is 0 Å². The number of hydrogen-bond donors (Lipinski definition) is 2. The van der Waals surface area contributed by atoms with Crippen LogP contribution in [0.15, 0.2) is 18.5 Å². The SMILES string of the molecule is CC(C(=O)NC(C)(C)C)N(C)c1nc(-c2cc3cn[nH]c3cn2)nc2c1CCC2. The number of pyridine rings is 1. The molecule has 152 valence electrons. The highest BCUT2D eigenvalue weighted by molar-refractivity contribution is 5.85. The molecule has 0 aromatic carbocycles. The standard InChI is InChI=1S/C21H27N7O/c1-12(20(29)26-21(2,3)4)28(5)19-14-7-6-8-15(14)24-18(25-19)16-9-13-10-23-27-17(13)11-22-16/h9-12H,6-8H2,1-5H3,(H,23,27)(H,26,29). The topological polar surface area (TPSA) is 99.7 Å². The number of aromatic nitrogens is 5. The molecular weight excluding hydrogens is 366 g/mol. The number of amides is 1. The van der Waals surface area contributed by atoms with Gasteiger partial charge in [-0.05, 0) is 53.0 Å². The number of likely N-dealkylation sites (N-methyl/N-ethyl adjacent to an activating group) is 1. The zero-order chi connectivity index (χ0) is 20.8. The predicted molar refractivity (Wildman–Crippen MR) is 113 cm³/mol. The van der Waals surface area contributed by atoms with Gasteiger partial charge in [0.2, 0.25) is 5.91 Å². The lowest BCUT2D eigenvalue weighted by Gasteiger charge is -2.30. The van der Waals surface area contributed by atoms with Gasteiger partial charge in [-0.1, -0.05) is 0 Å². The van der Waals surface area contributed by atoms with Crippen molar-refractivity contribution in [2.45, 2.75) is 58.5 Å². The van der Waals surface area contributed by atoms with Crippen LogP contribution in [0.1, 0.15) is 45.4 Å². The average Bonchev–Trinajstić information content (AvgIpc) is 3.32. The second-order valence-corrected chi connectivity index (χ2v) is 8.70. The van der Waals surface area contributed by atoms with Crippen molar-refractivity contribution >= 4 is 22.6 Å². The molecule has 8 heteroatoms. The normalized spacial score (nSPS) is 14.7. The molecule has 0 saturated heterocycles. The Bertz CT molecular complexity index is 1070. The Morgan fingerprint density at radius 1 is 1.24 bits per heavy atom. The minimum absolute atomic E-state index is 0.0233. The summed E-state index contributed by atoms with van der Waals surface area (Å²) in [6, 6.07) is 1.58. The zero-order valence-electron chi connectivity index (χ0n) is 17.6. The van der Waals surface area contributed by atoms with Gasteiger partial charge in [0.1, 0.15) is 17.6 Å². The van der Waals surface area contributed by atoms with Gasteiger partial charge in [0.05, 0.1) is 17.9 Å². The number of H-pyrrole nitrogens is 1. The van der Waals surface area contributed by atoms with Gasteiger partial charge in [0.25, 0.3) is 0 Å². The van der Waals surface area contributed by atoms with Crippen molar-refractivity contribution in [2.75, 3.05) is 11.9 Å². The predicted octanol–water partition coefficient (Wildman–Crippen LogP) is 2.64. The van der Waals surface area contributed by atoms with Crippen molar-refractivity contribution < 1.29 is 4.79 Å². The third-order valence-corrected chi connectivity index (χ3v) is 5.26. The highest BCUT2D eigenvalue weighted by Crippen LogP contribution is 2.31. The molecule has 1 unspecified atom stereocenters. The fourth-order valence-electron chi connectivity index (χ4n) is 3.62. The van der Waals surface area contributed by atoms with E-state index in [9.17, 15) is 4.79 Å². The Balaban J connectivity index is 1.72. The van der Waals surface area contributed by atoms with Crippen molar-refractivity contribution in [3.8, 4) is 11.5 Å². The lowest BCUT2D eigenvalue weighted by molar-refractivity contribution is -0.123. The minimum atomic E-state index is -0.356. The Morgan fingerprint density at radius 3 is 2.79 bits per heavy atom. The van der Waals surface area contributed by atoms with E-state index in [-0.39, 0.29) is 17.5 Å². The zero-order valence-corrected chi connectivity index (χ0v) is 17.6. The van der Waals surface area contributed by atoms with E-state index in [1.807, 2.05) is 45.7 Å². The summed E-state index contributed by atoms with van der Waals surface area (Å²) in [6.07, 6.45) is 6.40. The molecule has 1 aliphatic rings. The molecule has 3 aromatic rings. The maximum atomic E-state index is 12.7. The van der Waals surface area contributed by atoms with Crippen LogP contribution in [0.2, 0.25) is 0 Å². The highest BCUT2D eigenvalue weighted by Gasteiger charge is 2.28. The summed E-state index contributed by atoms with van der Waals surface area (Å²) in [6.45, 7) is 7.85. The van der Waals surface area contributed by atoms with Crippen LogP contribution in [0, 0.1) is 0 Å². The second-order valence-electron chi connectivity index (χ2n) is 8.70. The van der Waals surface area contributed by atoms with Crippen molar-refractivity contribution in [1.82, 2.24) is 30.5 Å². The van der Waals surface area contributed by atoms with Crippen LogP contribution < -0.4 is 10.2 Å². The molecule has 3 aromatic heterocycles. The number of nitrogens with zero attached hydrogens (tertiary/aromatic N) is 5. The Kier molecular flexibility index (Phi) is 4.72. The number of rotatable bonds is 4. The first-order valence-corrected chi connectivity index (χ1v) is 9.97. The first-order chi connectivity index (χ1) is 13.7. The molecule has 1 amide bonds. The number of carbonyl (C=O) groups excluding carboxylic acids is 1. The fourth-order valence-corrected chi connectivity index (χ4v) is 3.62. The van der Waals surface area contributed by atoms with Crippen LogP contribution in [0.4, 0.5) is 5.82 Å². The molecule has 1 atom stereocenters. The monoisotopic (exact) mass is 393 g/mol. The van der Waals surface area contributed by atoms with Crippen molar-refractivity contribution in [1.29, 1.82) is 0 Å². The Morgan fingerprint density at radius 2 is 2.03 bits per heavy atom. The van der Waals surface area contributed by atoms with E-state index in [4.69, 9.17) is 9.97 Å². The summed E-state index contributed by atoms with van der Waals surface area (Å²) in [5, 5.41) is 11.0. The van der Waals surface area contributed by atoms with Gasteiger partial charge >= 0.3 is 0 Å². The Hall–Kier alpha value is -3.03. The van der Waals surface area contributed by atoms with E-state index in [1.165, 1.54) is 0 Å². The van der Waals surface area contributed by atoms with Crippen LogP contribution in [0.3, 0.4) is 0 Å². The number of nitrogens with one attached hydrogen (secondary N) is 2. The van der Waals surface area contributed by atoms with Crippen LogP contribution in [-0.2, 0) is 17.6 Å². The van der Waals surface area contributed by atoms with Gasteiger partial charge in [-0.2, -0.15) is 5.10 Å². The molecule has 3 heterocycles. The molecular formula is C21H27N7O. The minimum Gasteiger partial charge on any atom is -0.350 e. The van der Waals surface area contributed by atoms with Gasteiger partial charge in [-0.3, -0.25) is 14.9 Å². The lowest BCUT2D eigenvalue weighted by Crippen LogP contribution is -2.50. The number of aromatic amines is 1.